The Kier molecular flexibility index (Phi) is 8.41. The lowest BCUT2D eigenvalue weighted by Crippen LogP contribution is -2.37. The summed E-state index contributed by atoms with van der Waals surface area (Å²) in [6.45, 7) is 5.02. The number of nitrogens with zero attached hydrogens (tertiary/aromatic N) is 1. The second-order valence-corrected chi connectivity index (χ2v) is 6.29. The van der Waals surface area contributed by atoms with Crippen molar-refractivity contribution in [3.05, 3.63) is 59.7 Å². The van der Waals surface area contributed by atoms with Crippen molar-refractivity contribution < 1.29 is 19.3 Å². The first kappa shape index (κ1) is 20.2. The summed E-state index contributed by atoms with van der Waals surface area (Å²) in [4.78, 5) is 2.19. The predicted octanol–water partition coefficient (Wildman–Crippen LogP) is 2.89. The minimum atomic E-state index is -0.585. The van der Waals surface area contributed by atoms with E-state index in [1.54, 1.807) is 14.2 Å². The Labute approximate surface area is 156 Å². The van der Waals surface area contributed by atoms with Crippen LogP contribution in [0.2, 0.25) is 0 Å². The quantitative estimate of drug-likeness (QED) is 0.669. The van der Waals surface area contributed by atoms with Crippen LogP contribution in [-0.2, 0) is 11.3 Å². The number of ether oxygens (including phenoxy) is 3. The zero-order valence-electron chi connectivity index (χ0n) is 15.9. The molecule has 0 fully saturated rings. The van der Waals surface area contributed by atoms with E-state index in [2.05, 4.69) is 24.0 Å². The van der Waals surface area contributed by atoms with Gasteiger partial charge in [0, 0.05) is 26.7 Å². The van der Waals surface area contributed by atoms with Crippen LogP contribution < -0.4 is 9.47 Å². The van der Waals surface area contributed by atoms with Gasteiger partial charge in [0.15, 0.2) is 0 Å². The van der Waals surface area contributed by atoms with Crippen LogP contribution in [0, 0.1) is 6.92 Å². The van der Waals surface area contributed by atoms with Crippen LogP contribution in [0.4, 0.5) is 0 Å². The lowest BCUT2D eigenvalue weighted by Gasteiger charge is -2.25. The first-order valence-corrected chi connectivity index (χ1v) is 8.83. The molecule has 1 N–H and O–H groups in total. The number of aliphatic hydroxyl groups is 1. The van der Waals surface area contributed by atoms with Crippen LogP contribution in [0.3, 0.4) is 0 Å². The van der Waals surface area contributed by atoms with E-state index in [1.807, 2.05) is 36.4 Å². The van der Waals surface area contributed by atoms with Gasteiger partial charge in [-0.3, -0.25) is 4.90 Å². The maximum Gasteiger partial charge on any atom is 0.119 e. The molecule has 2 aromatic carbocycles. The van der Waals surface area contributed by atoms with Gasteiger partial charge in [-0.15, -0.1) is 0 Å². The molecule has 0 aliphatic carbocycles. The third-order valence-corrected chi connectivity index (χ3v) is 4.24. The molecule has 5 nitrogen and oxygen atoms in total. The fourth-order valence-electron chi connectivity index (χ4n) is 2.70. The predicted molar refractivity (Wildman–Crippen MR) is 103 cm³/mol. The Morgan fingerprint density at radius 2 is 1.69 bits per heavy atom. The number of hydrogen-bond acceptors (Lipinski definition) is 5. The lowest BCUT2D eigenvalue weighted by molar-refractivity contribution is 0.0541. The van der Waals surface area contributed by atoms with Crippen molar-refractivity contribution in [2.45, 2.75) is 19.6 Å². The fourth-order valence-corrected chi connectivity index (χ4v) is 2.70. The summed E-state index contributed by atoms with van der Waals surface area (Å²) >= 11 is 0. The summed E-state index contributed by atoms with van der Waals surface area (Å²) in [5.41, 5.74) is 2.51. The van der Waals surface area contributed by atoms with Gasteiger partial charge >= 0.3 is 0 Å². The number of methoxy groups -OCH3 is 2. The summed E-state index contributed by atoms with van der Waals surface area (Å²) in [6, 6.07) is 15.6. The monoisotopic (exact) mass is 359 g/mol. The minimum absolute atomic E-state index is 0.240. The maximum atomic E-state index is 10.4. The Morgan fingerprint density at radius 1 is 1.00 bits per heavy atom. The SMILES string of the molecule is COCCN(Cc1ccccc1C)CC(O)COc1ccc(OC)cc1. The molecule has 142 valence electrons. The van der Waals surface area contributed by atoms with Crippen molar-refractivity contribution in [1.29, 1.82) is 0 Å². The maximum absolute atomic E-state index is 10.4. The summed E-state index contributed by atoms with van der Waals surface area (Å²) in [7, 11) is 3.32. The van der Waals surface area contributed by atoms with Crippen LogP contribution in [-0.4, -0.2) is 56.6 Å². The number of benzene rings is 2. The average Bonchev–Trinajstić information content (AvgIpc) is 2.66. The van der Waals surface area contributed by atoms with Gasteiger partial charge in [0.2, 0.25) is 0 Å². The van der Waals surface area contributed by atoms with E-state index < -0.39 is 6.10 Å². The van der Waals surface area contributed by atoms with E-state index in [0.29, 0.717) is 18.9 Å². The van der Waals surface area contributed by atoms with Gasteiger partial charge in [0.1, 0.15) is 24.2 Å². The molecule has 2 rings (SSSR count). The Morgan fingerprint density at radius 3 is 2.35 bits per heavy atom. The molecule has 0 saturated heterocycles. The summed E-state index contributed by atoms with van der Waals surface area (Å²) in [6.07, 6.45) is -0.585. The Balaban J connectivity index is 1.88. The summed E-state index contributed by atoms with van der Waals surface area (Å²) in [5, 5.41) is 10.4. The molecule has 1 atom stereocenters. The Bertz CT molecular complexity index is 645. The zero-order chi connectivity index (χ0) is 18.8. The average molecular weight is 359 g/mol. The molecule has 0 spiro atoms. The van der Waals surface area contributed by atoms with E-state index in [9.17, 15) is 5.11 Å². The largest absolute Gasteiger partial charge is 0.497 e. The molecule has 0 aromatic heterocycles. The van der Waals surface area contributed by atoms with E-state index in [1.165, 1.54) is 11.1 Å². The first-order valence-electron chi connectivity index (χ1n) is 8.83. The highest BCUT2D eigenvalue weighted by Gasteiger charge is 2.14. The highest BCUT2D eigenvalue weighted by Crippen LogP contribution is 2.17. The molecule has 2 aromatic rings. The van der Waals surface area contributed by atoms with E-state index >= 15 is 0 Å². The molecule has 1 unspecified atom stereocenters. The molecule has 0 bridgehead atoms. The highest BCUT2D eigenvalue weighted by atomic mass is 16.5. The molecule has 0 aliphatic heterocycles. The van der Waals surface area contributed by atoms with Crippen LogP contribution in [0.15, 0.2) is 48.5 Å². The number of rotatable bonds is 11. The van der Waals surface area contributed by atoms with Crippen molar-refractivity contribution in [2.24, 2.45) is 0 Å². The molecule has 26 heavy (non-hydrogen) atoms. The van der Waals surface area contributed by atoms with Gasteiger partial charge in [0.05, 0.1) is 13.7 Å². The lowest BCUT2D eigenvalue weighted by atomic mass is 10.1. The molecule has 0 radical (unpaired) electrons. The molecular formula is C21H29NO4. The number of aliphatic hydroxyl groups excluding tert-OH is 1. The van der Waals surface area contributed by atoms with Crippen molar-refractivity contribution in [3.8, 4) is 11.5 Å². The zero-order valence-corrected chi connectivity index (χ0v) is 15.9. The van der Waals surface area contributed by atoms with Gasteiger partial charge in [-0.25, -0.2) is 0 Å². The van der Waals surface area contributed by atoms with Gasteiger partial charge in [-0.1, -0.05) is 24.3 Å². The smallest absolute Gasteiger partial charge is 0.119 e. The molecule has 0 heterocycles. The van der Waals surface area contributed by atoms with Gasteiger partial charge in [-0.05, 0) is 42.3 Å². The van der Waals surface area contributed by atoms with Crippen molar-refractivity contribution in [3.63, 3.8) is 0 Å². The summed E-state index contributed by atoms with van der Waals surface area (Å²) in [5.74, 6) is 1.49. The second kappa shape index (κ2) is 10.8. The van der Waals surface area contributed by atoms with E-state index in [0.717, 1.165) is 18.8 Å². The third kappa shape index (κ3) is 6.67. The topological polar surface area (TPSA) is 51.2 Å². The third-order valence-electron chi connectivity index (χ3n) is 4.24. The van der Waals surface area contributed by atoms with Gasteiger partial charge in [0.25, 0.3) is 0 Å². The first-order chi connectivity index (χ1) is 12.6. The summed E-state index contributed by atoms with van der Waals surface area (Å²) < 4.78 is 16.0. The van der Waals surface area contributed by atoms with Crippen molar-refractivity contribution in [1.82, 2.24) is 4.90 Å². The van der Waals surface area contributed by atoms with Crippen molar-refractivity contribution in [2.75, 3.05) is 40.5 Å². The van der Waals surface area contributed by atoms with Crippen LogP contribution in [0.5, 0.6) is 11.5 Å². The normalized spacial score (nSPS) is 12.2. The fraction of sp³-hybridized carbons (Fsp3) is 0.429. The molecule has 0 amide bonds. The standard InChI is InChI=1S/C21H29NO4/c1-17-6-4-5-7-18(17)14-22(12-13-24-2)15-19(23)16-26-21-10-8-20(25-3)9-11-21/h4-11,19,23H,12-16H2,1-3H3. The van der Waals surface area contributed by atoms with Gasteiger partial charge < -0.3 is 19.3 Å². The second-order valence-electron chi connectivity index (χ2n) is 6.29. The Hall–Kier alpha value is -2.08. The van der Waals surface area contributed by atoms with Crippen LogP contribution in [0.25, 0.3) is 0 Å². The van der Waals surface area contributed by atoms with E-state index in [4.69, 9.17) is 14.2 Å². The number of aryl methyl sites for hydroxylation is 1. The molecular weight excluding hydrogens is 330 g/mol. The molecule has 0 saturated carbocycles. The van der Waals surface area contributed by atoms with Gasteiger partial charge in [-0.2, -0.15) is 0 Å². The number of hydrogen-bond donors (Lipinski definition) is 1. The van der Waals surface area contributed by atoms with Crippen molar-refractivity contribution >= 4 is 0 Å². The minimum Gasteiger partial charge on any atom is -0.497 e. The molecule has 0 aliphatic rings. The highest BCUT2D eigenvalue weighted by molar-refractivity contribution is 5.31. The molecule has 5 heteroatoms. The van der Waals surface area contributed by atoms with Crippen LogP contribution >= 0.6 is 0 Å². The van der Waals surface area contributed by atoms with E-state index in [-0.39, 0.29) is 6.61 Å². The van der Waals surface area contributed by atoms with Crippen LogP contribution in [0.1, 0.15) is 11.1 Å².